The maximum absolute atomic E-state index is 15.7. The van der Waals surface area contributed by atoms with E-state index in [1.165, 1.54) is 12.1 Å². The second kappa shape index (κ2) is 11.7. The number of hydrogen-bond donors (Lipinski definition) is 0. The fourth-order valence-corrected chi connectivity index (χ4v) is 6.64. The van der Waals surface area contributed by atoms with Gasteiger partial charge in [-0.05, 0) is 122 Å². The maximum atomic E-state index is 15.7. The highest BCUT2D eigenvalue weighted by atomic mass is 19.2. The normalized spacial score (nSPS) is 20.7. The highest BCUT2D eigenvalue weighted by Gasteiger charge is 2.34. The fourth-order valence-electron chi connectivity index (χ4n) is 6.64. The molecule has 2 aliphatic rings. The van der Waals surface area contributed by atoms with Crippen LogP contribution in [0.25, 0.3) is 0 Å². The van der Waals surface area contributed by atoms with Crippen molar-refractivity contribution in [1.29, 1.82) is 5.26 Å². The third-order valence-electron chi connectivity index (χ3n) is 9.02. The number of nitrogens with zero attached hydrogens (tertiary/aromatic N) is 1. The van der Waals surface area contributed by atoms with E-state index in [0.717, 1.165) is 5.56 Å². The van der Waals surface area contributed by atoms with Crippen LogP contribution < -0.4 is 0 Å². The molecule has 1 fully saturated rings. The summed E-state index contributed by atoms with van der Waals surface area (Å²) in [6.07, 6.45) is 4.14. The molecule has 1 unspecified atom stereocenters. The average molecular weight is 556 g/mol. The molecule has 210 valence electrons. The van der Waals surface area contributed by atoms with Gasteiger partial charge in [0.25, 0.3) is 0 Å². The molecule has 0 aliphatic heterocycles. The Morgan fingerprint density at radius 1 is 0.750 bits per heavy atom. The lowest BCUT2D eigenvalue weighted by Crippen LogP contribution is -2.23. The zero-order chi connectivity index (χ0) is 28.6. The van der Waals surface area contributed by atoms with Crippen LogP contribution in [0, 0.1) is 52.2 Å². The molecule has 2 aliphatic carbocycles. The Balaban J connectivity index is 1.28. The highest BCUT2D eigenvalue weighted by molar-refractivity contribution is 5.41. The number of fused-ring (bicyclic) bond motifs is 1. The summed E-state index contributed by atoms with van der Waals surface area (Å²) in [5.74, 6) is -5.64. The van der Waals surface area contributed by atoms with E-state index in [1.54, 1.807) is 31.2 Å². The summed E-state index contributed by atoms with van der Waals surface area (Å²) in [5.41, 5.74) is 1.40. The predicted octanol–water partition coefficient (Wildman–Crippen LogP) is 9.13. The number of halogens is 6. The van der Waals surface area contributed by atoms with Crippen molar-refractivity contribution in [2.75, 3.05) is 0 Å². The number of aryl methyl sites for hydroxylation is 2. The molecule has 5 rings (SSSR count). The summed E-state index contributed by atoms with van der Waals surface area (Å²) in [7, 11) is 0. The molecule has 3 aromatic carbocycles. The summed E-state index contributed by atoms with van der Waals surface area (Å²) < 4.78 is 89.1. The zero-order valence-electron chi connectivity index (χ0n) is 22.4. The molecule has 0 saturated heterocycles. The second-order valence-corrected chi connectivity index (χ2v) is 11.2. The minimum atomic E-state index is -1.13. The predicted molar refractivity (Wildman–Crippen MR) is 141 cm³/mol. The second-order valence-electron chi connectivity index (χ2n) is 11.2. The Hall–Kier alpha value is -3.27. The first-order valence-electron chi connectivity index (χ1n) is 14.1. The van der Waals surface area contributed by atoms with Gasteiger partial charge in [-0.3, -0.25) is 0 Å². The largest absolute Gasteiger partial charge is 0.206 e. The lowest BCUT2D eigenvalue weighted by Gasteiger charge is -2.32. The van der Waals surface area contributed by atoms with Gasteiger partial charge in [-0.2, -0.15) is 5.26 Å². The van der Waals surface area contributed by atoms with E-state index in [4.69, 9.17) is 5.26 Å². The number of hydrogen-bond acceptors (Lipinski definition) is 1. The molecule has 1 nitrogen and oxygen atoms in total. The van der Waals surface area contributed by atoms with E-state index in [9.17, 15) is 13.2 Å². The molecule has 1 atom stereocenters. The first-order valence-corrected chi connectivity index (χ1v) is 14.1. The quantitative estimate of drug-likeness (QED) is 0.220. The summed E-state index contributed by atoms with van der Waals surface area (Å²) in [4.78, 5) is 0. The maximum Gasteiger partial charge on any atom is 0.165 e. The molecule has 0 spiro atoms. The number of benzene rings is 3. The third-order valence-corrected chi connectivity index (χ3v) is 9.02. The van der Waals surface area contributed by atoms with Gasteiger partial charge in [0, 0.05) is 5.56 Å². The minimum Gasteiger partial charge on any atom is -0.206 e. The van der Waals surface area contributed by atoms with Crippen LogP contribution in [-0.4, -0.2) is 0 Å². The summed E-state index contributed by atoms with van der Waals surface area (Å²) >= 11 is 0. The van der Waals surface area contributed by atoms with E-state index in [2.05, 4.69) is 0 Å². The van der Waals surface area contributed by atoms with Crippen molar-refractivity contribution in [2.45, 2.75) is 83.0 Å². The van der Waals surface area contributed by atoms with E-state index in [0.29, 0.717) is 50.5 Å². The van der Waals surface area contributed by atoms with Crippen LogP contribution in [0.3, 0.4) is 0 Å². The lowest BCUT2D eigenvalue weighted by molar-refractivity contribution is 0.353. The highest BCUT2D eigenvalue weighted by Crippen LogP contribution is 2.45. The van der Waals surface area contributed by atoms with Crippen molar-refractivity contribution in [3.8, 4) is 6.07 Å². The molecule has 0 heterocycles. The van der Waals surface area contributed by atoms with Gasteiger partial charge in [-0.1, -0.05) is 25.1 Å². The van der Waals surface area contributed by atoms with Gasteiger partial charge in [0.2, 0.25) is 0 Å². The Morgan fingerprint density at radius 2 is 1.43 bits per heavy atom. The van der Waals surface area contributed by atoms with E-state index in [-0.39, 0.29) is 58.9 Å². The van der Waals surface area contributed by atoms with Crippen LogP contribution in [0.4, 0.5) is 26.3 Å². The SMILES string of the molecule is CCc1ccc(CCC2CCc3c(F)c(C4CCC(c5ccc(C#N)c(F)c5)CC4)c(F)c(F)c3C2)c(F)c1F. The number of nitriles is 1. The molecule has 1 saturated carbocycles. The van der Waals surface area contributed by atoms with E-state index in [1.807, 2.05) is 0 Å². The fraction of sp³-hybridized carbons (Fsp3) is 0.424. The molecular weight excluding hydrogens is 524 g/mol. The van der Waals surface area contributed by atoms with Crippen molar-refractivity contribution in [2.24, 2.45) is 5.92 Å². The molecule has 0 N–H and O–H groups in total. The van der Waals surface area contributed by atoms with Crippen molar-refractivity contribution in [3.63, 3.8) is 0 Å². The molecule has 0 bridgehead atoms. The molecule has 0 aromatic heterocycles. The molecule has 0 amide bonds. The van der Waals surface area contributed by atoms with Crippen molar-refractivity contribution < 1.29 is 26.3 Å². The molecule has 40 heavy (non-hydrogen) atoms. The van der Waals surface area contributed by atoms with Crippen LogP contribution in [0.2, 0.25) is 0 Å². The van der Waals surface area contributed by atoms with Crippen LogP contribution in [0.15, 0.2) is 30.3 Å². The van der Waals surface area contributed by atoms with Crippen molar-refractivity contribution >= 4 is 0 Å². The molecule has 7 heteroatoms. The summed E-state index contributed by atoms with van der Waals surface area (Å²) in [6, 6.07) is 9.46. The van der Waals surface area contributed by atoms with Gasteiger partial charge in [-0.15, -0.1) is 0 Å². The lowest BCUT2D eigenvalue weighted by atomic mass is 9.73. The van der Waals surface area contributed by atoms with Crippen LogP contribution in [0.5, 0.6) is 0 Å². The Bertz CT molecular complexity index is 1470. The monoisotopic (exact) mass is 555 g/mol. The Morgan fingerprint density at radius 3 is 2.10 bits per heavy atom. The van der Waals surface area contributed by atoms with Gasteiger partial charge in [0.15, 0.2) is 23.3 Å². The smallest absolute Gasteiger partial charge is 0.165 e. The Kier molecular flexibility index (Phi) is 8.26. The zero-order valence-corrected chi connectivity index (χ0v) is 22.4. The standard InChI is InChI=1S/C33H31F6N/c1-2-19-6-11-22(30(36)29(19)35)5-3-18-4-14-25-26(15-18)32(38)33(39)28(31(25)37)21-9-7-20(8-10-21)23-12-13-24(17-40)27(34)16-23/h6,11-13,16,18,20-21H,2-5,7-10,14-15H2,1H3. The summed E-state index contributed by atoms with van der Waals surface area (Å²) in [5, 5.41) is 8.94. The summed E-state index contributed by atoms with van der Waals surface area (Å²) in [6.45, 7) is 1.75. The number of rotatable bonds is 6. The van der Waals surface area contributed by atoms with Gasteiger partial charge in [0.05, 0.1) is 5.56 Å². The van der Waals surface area contributed by atoms with Gasteiger partial charge >= 0.3 is 0 Å². The van der Waals surface area contributed by atoms with Crippen molar-refractivity contribution in [1.82, 2.24) is 0 Å². The Labute approximate surface area is 230 Å². The first-order chi connectivity index (χ1) is 19.2. The molecular formula is C33H31F6N. The first kappa shape index (κ1) is 28.3. The van der Waals surface area contributed by atoms with Crippen LogP contribution in [-0.2, 0) is 25.7 Å². The van der Waals surface area contributed by atoms with Crippen LogP contribution in [0.1, 0.15) is 96.2 Å². The van der Waals surface area contributed by atoms with E-state index < -0.39 is 40.8 Å². The van der Waals surface area contributed by atoms with Gasteiger partial charge < -0.3 is 0 Å². The van der Waals surface area contributed by atoms with Gasteiger partial charge in [-0.25, -0.2) is 26.3 Å². The molecule has 0 radical (unpaired) electrons. The minimum absolute atomic E-state index is 0.00401. The van der Waals surface area contributed by atoms with Gasteiger partial charge in [0.1, 0.15) is 17.7 Å². The van der Waals surface area contributed by atoms with E-state index >= 15 is 13.2 Å². The molecule has 3 aromatic rings. The third kappa shape index (κ3) is 5.25. The topological polar surface area (TPSA) is 23.8 Å². The van der Waals surface area contributed by atoms with Crippen LogP contribution >= 0.6 is 0 Å². The van der Waals surface area contributed by atoms with Crippen molar-refractivity contribution in [3.05, 3.63) is 104 Å². The average Bonchev–Trinajstić information content (AvgIpc) is 2.97.